The Kier molecular flexibility index (Phi) is 4.91. The van der Waals surface area contributed by atoms with E-state index < -0.39 is 0 Å². The highest BCUT2D eigenvalue weighted by molar-refractivity contribution is 5.96. The number of amides is 1. The van der Waals surface area contributed by atoms with E-state index >= 15 is 0 Å². The van der Waals surface area contributed by atoms with Gasteiger partial charge < -0.3 is 4.90 Å². The van der Waals surface area contributed by atoms with Gasteiger partial charge in [-0.1, -0.05) is 30.3 Å². The van der Waals surface area contributed by atoms with E-state index in [1.165, 1.54) is 0 Å². The number of aryl methyl sites for hydroxylation is 3. The SMILES string of the molecule is Cc1nc(C)c(C(=O)N(Cc2ccccc2)C(C)C)c(C)n1. The number of nitrogens with zero attached hydrogens (tertiary/aromatic N) is 3. The van der Waals surface area contributed by atoms with Gasteiger partial charge in [-0.2, -0.15) is 0 Å². The number of aromatic nitrogens is 2. The van der Waals surface area contributed by atoms with Crippen LogP contribution in [0, 0.1) is 20.8 Å². The van der Waals surface area contributed by atoms with Crippen molar-refractivity contribution in [2.75, 3.05) is 0 Å². The fourth-order valence-electron chi connectivity index (χ4n) is 2.61. The Morgan fingerprint density at radius 2 is 1.59 bits per heavy atom. The van der Waals surface area contributed by atoms with Crippen LogP contribution >= 0.6 is 0 Å². The van der Waals surface area contributed by atoms with E-state index in [9.17, 15) is 4.79 Å². The standard InChI is InChI=1S/C18H23N3O/c1-12(2)21(11-16-9-7-6-8-10-16)18(22)17-13(3)19-15(5)20-14(17)4/h6-10,12H,11H2,1-5H3. The maximum Gasteiger partial charge on any atom is 0.258 e. The lowest BCUT2D eigenvalue weighted by Gasteiger charge is -2.28. The van der Waals surface area contributed by atoms with Crippen LogP contribution in [0.2, 0.25) is 0 Å². The van der Waals surface area contributed by atoms with E-state index in [1.807, 2.05) is 69.9 Å². The molecule has 0 unspecified atom stereocenters. The molecule has 0 bridgehead atoms. The van der Waals surface area contributed by atoms with Gasteiger partial charge in [0.15, 0.2) is 0 Å². The van der Waals surface area contributed by atoms with Crippen LogP contribution in [0.25, 0.3) is 0 Å². The molecule has 2 aromatic rings. The summed E-state index contributed by atoms with van der Waals surface area (Å²) < 4.78 is 0. The first-order valence-electron chi connectivity index (χ1n) is 7.57. The second kappa shape index (κ2) is 6.69. The molecule has 0 saturated heterocycles. The predicted octanol–water partition coefficient (Wildman–Crippen LogP) is 3.45. The number of hydrogen-bond acceptors (Lipinski definition) is 3. The summed E-state index contributed by atoms with van der Waals surface area (Å²) in [4.78, 5) is 23.5. The monoisotopic (exact) mass is 297 g/mol. The summed E-state index contributed by atoms with van der Waals surface area (Å²) in [7, 11) is 0. The Balaban J connectivity index is 2.35. The summed E-state index contributed by atoms with van der Waals surface area (Å²) >= 11 is 0. The van der Waals surface area contributed by atoms with E-state index in [4.69, 9.17) is 0 Å². The van der Waals surface area contributed by atoms with Crippen molar-refractivity contribution in [1.82, 2.24) is 14.9 Å². The molecule has 1 heterocycles. The van der Waals surface area contributed by atoms with E-state index in [1.54, 1.807) is 0 Å². The molecule has 116 valence electrons. The Labute approximate surface area is 132 Å². The van der Waals surface area contributed by atoms with Crippen LogP contribution in [0.1, 0.15) is 47.0 Å². The van der Waals surface area contributed by atoms with Crippen LogP contribution < -0.4 is 0 Å². The molecular weight excluding hydrogens is 274 g/mol. The molecule has 0 N–H and O–H groups in total. The topological polar surface area (TPSA) is 46.1 Å². The fourth-order valence-corrected chi connectivity index (χ4v) is 2.61. The zero-order valence-electron chi connectivity index (χ0n) is 13.9. The summed E-state index contributed by atoms with van der Waals surface area (Å²) in [6.45, 7) is 10.2. The Morgan fingerprint density at radius 1 is 1.05 bits per heavy atom. The van der Waals surface area contributed by atoms with Crippen molar-refractivity contribution in [2.24, 2.45) is 0 Å². The predicted molar refractivity (Wildman–Crippen MR) is 87.7 cm³/mol. The lowest BCUT2D eigenvalue weighted by molar-refractivity contribution is 0.0687. The van der Waals surface area contributed by atoms with Crippen LogP contribution in [0.15, 0.2) is 30.3 Å². The first-order valence-corrected chi connectivity index (χ1v) is 7.57. The number of hydrogen-bond donors (Lipinski definition) is 0. The molecule has 0 aliphatic heterocycles. The molecule has 0 saturated carbocycles. The maximum absolute atomic E-state index is 13.0. The number of rotatable bonds is 4. The van der Waals surface area contributed by atoms with Gasteiger partial charge in [0.05, 0.1) is 17.0 Å². The maximum atomic E-state index is 13.0. The molecule has 1 aromatic heterocycles. The van der Waals surface area contributed by atoms with Crippen LogP contribution in [-0.4, -0.2) is 26.8 Å². The Bertz CT molecular complexity index is 642. The van der Waals surface area contributed by atoms with Crippen LogP contribution in [-0.2, 0) is 6.54 Å². The zero-order valence-corrected chi connectivity index (χ0v) is 13.9. The van der Waals surface area contributed by atoms with Crippen molar-refractivity contribution in [3.63, 3.8) is 0 Å². The number of benzene rings is 1. The molecule has 0 aliphatic rings. The number of carbonyl (C=O) groups is 1. The zero-order chi connectivity index (χ0) is 16.3. The van der Waals surface area contributed by atoms with Crippen molar-refractivity contribution in [3.05, 3.63) is 58.7 Å². The van der Waals surface area contributed by atoms with Crippen LogP contribution in [0.5, 0.6) is 0 Å². The average molecular weight is 297 g/mol. The summed E-state index contributed by atoms with van der Waals surface area (Å²) in [5, 5.41) is 0. The Morgan fingerprint density at radius 3 is 2.09 bits per heavy atom. The second-order valence-electron chi connectivity index (χ2n) is 5.83. The van der Waals surface area contributed by atoms with E-state index in [0.29, 0.717) is 17.9 Å². The smallest absolute Gasteiger partial charge is 0.258 e. The molecule has 4 heteroatoms. The van der Waals surface area contributed by atoms with Crippen molar-refractivity contribution in [1.29, 1.82) is 0 Å². The highest BCUT2D eigenvalue weighted by atomic mass is 16.2. The van der Waals surface area contributed by atoms with Crippen molar-refractivity contribution < 1.29 is 4.79 Å². The fraction of sp³-hybridized carbons (Fsp3) is 0.389. The third-order valence-corrected chi connectivity index (χ3v) is 3.68. The van der Waals surface area contributed by atoms with Crippen molar-refractivity contribution in [3.8, 4) is 0 Å². The van der Waals surface area contributed by atoms with Gasteiger partial charge in [0.2, 0.25) is 0 Å². The summed E-state index contributed by atoms with van der Waals surface area (Å²) in [6.07, 6.45) is 0. The van der Waals surface area contributed by atoms with Gasteiger partial charge in [0.1, 0.15) is 5.82 Å². The quantitative estimate of drug-likeness (QED) is 0.868. The summed E-state index contributed by atoms with van der Waals surface area (Å²) in [6, 6.07) is 10.1. The molecule has 2 rings (SSSR count). The first kappa shape index (κ1) is 16.1. The van der Waals surface area contributed by atoms with Gasteiger partial charge in [-0.05, 0) is 40.2 Å². The van der Waals surface area contributed by atoms with E-state index in [0.717, 1.165) is 17.0 Å². The minimum absolute atomic E-state index is 0.00569. The van der Waals surface area contributed by atoms with Crippen LogP contribution in [0.4, 0.5) is 0 Å². The van der Waals surface area contributed by atoms with Crippen molar-refractivity contribution in [2.45, 2.75) is 47.2 Å². The second-order valence-corrected chi connectivity index (χ2v) is 5.83. The molecule has 1 amide bonds. The minimum Gasteiger partial charge on any atom is -0.332 e. The van der Waals surface area contributed by atoms with E-state index in [-0.39, 0.29) is 11.9 Å². The van der Waals surface area contributed by atoms with Gasteiger partial charge in [0, 0.05) is 12.6 Å². The molecule has 22 heavy (non-hydrogen) atoms. The third-order valence-electron chi connectivity index (χ3n) is 3.68. The summed E-state index contributed by atoms with van der Waals surface area (Å²) in [5.74, 6) is 0.694. The molecule has 1 aromatic carbocycles. The molecule has 0 atom stereocenters. The van der Waals surface area contributed by atoms with Gasteiger partial charge in [0.25, 0.3) is 5.91 Å². The largest absolute Gasteiger partial charge is 0.332 e. The Hall–Kier alpha value is -2.23. The van der Waals surface area contributed by atoms with Crippen LogP contribution in [0.3, 0.4) is 0 Å². The normalized spacial score (nSPS) is 10.8. The lowest BCUT2D eigenvalue weighted by atomic mass is 10.1. The van der Waals surface area contributed by atoms with Gasteiger partial charge >= 0.3 is 0 Å². The highest BCUT2D eigenvalue weighted by Crippen LogP contribution is 2.17. The number of carbonyl (C=O) groups excluding carboxylic acids is 1. The van der Waals surface area contributed by atoms with Gasteiger partial charge in [-0.15, -0.1) is 0 Å². The highest BCUT2D eigenvalue weighted by Gasteiger charge is 2.23. The van der Waals surface area contributed by atoms with Gasteiger partial charge in [-0.25, -0.2) is 9.97 Å². The molecule has 0 fully saturated rings. The summed E-state index contributed by atoms with van der Waals surface area (Å²) in [5.41, 5.74) is 3.23. The third kappa shape index (κ3) is 3.50. The van der Waals surface area contributed by atoms with E-state index in [2.05, 4.69) is 9.97 Å². The van der Waals surface area contributed by atoms with Gasteiger partial charge in [-0.3, -0.25) is 4.79 Å². The first-order chi connectivity index (χ1) is 10.4. The average Bonchev–Trinajstić information content (AvgIpc) is 2.44. The molecule has 4 nitrogen and oxygen atoms in total. The van der Waals surface area contributed by atoms with Crippen molar-refractivity contribution >= 4 is 5.91 Å². The molecule has 0 spiro atoms. The molecular formula is C18H23N3O. The lowest BCUT2D eigenvalue weighted by Crippen LogP contribution is -2.37. The minimum atomic E-state index is -0.00569. The molecule has 0 aliphatic carbocycles. The molecule has 0 radical (unpaired) electrons.